The number of benzene rings is 1. The van der Waals surface area contributed by atoms with Gasteiger partial charge in [-0.25, -0.2) is 4.98 Å². The molecule has 2 aromatic heterocycles. The molecule has 1 aromatic carbocycles. The number of hydrogen-bond donors (Lipinski definition) is 4. The molecule has 1 saturated heterocycles. The molecular formula is C18H20FN5O5. The minimum atomic E-state index is -1.34. The molecule has 11 heteroatoms. The van der Waals surface area contributed by atoms with Crippen LogP contribution in [0.4, 0.5) is 10.2 Å². The fraction of sp³-hybridized carbons (Fsp3) is 0.389. The van der Waals surface area contributed by atoms with E-state index in [2.05, 4.69) is 20.3 Å². The highest BCUT2D eigenvalue weighted by Gasteiger charge is 2.44. The number of nitrogens with zero attached hydrogens (tertiary/aromatic N) is 4. The van der Waals surface area contributed by atoms with E-state index in [-0.39, 0.29) is 17.0 Å². The molecule has 0 aliphatic carbocycles. The number of hydrogen-bond acceptors (Lipinski definition) is 9. The van der Waals surface area contributed by atoms with Gasteiger partial charge in [0.25, 0.3) is 0 Å². The van der Waals surface area contributed by atoms with E-state index in [1.807, 2.05) is 24.3 Å². The lowest BCUT2D eigenvalue weighted by molar-refractivity contribution is -0.0511. The lowest BCUT2D eigenvalue weighted by Gasteiger charge is -2.16. The number of imidazole rings is 1. The second kappa shape index (κ2) is 7.87. The first-order valence-corrected chi connectivity index (χ1v) is 8.91. The van der Waals surface area contributed by atoms with E-state index in [0.29, 0.717) is 12.3 Å². The van der Waals surface area contributed by atoms with Crippen molar-refractivity contribution in [3.8, 4) is 5.75 Å². The molecule has 154 valence electrons. The summed E-state index contributed by atoms with van der Waals surface area (Å²) in [4.78, 5) is 11.8. The summed E-state index contributed by atoms with van der Waals surface area (Å²) in [6.07, 6.45) is -4.36. The third-order valence-corrected chi connectivity index (χ3v) is 4.82. The molecule has 0 amide bonds. The van der Waals surface area contributed by atoms with Gasteiger partial charge in [0.2, 0.25) is 0 Å². The summed E-state index contributed by atoms with van der Waals surface area (Å²) in [6, 6.07) is 7.36. The number of anilines is 1. The number of ether oxygens (including phenoxy) is 2. The molecule has 3 heterocycles. The van der Waals surface area contributed by atoms with Gasteiger partial charge < -0.3 is 30.1 Å². The Morgan fingerprint density at radius 3 is 2.76 bits per heavy atom. The van der Waals surface area contributed by atoms with Crippen LogP contribution in [0.2, 0.25) is 0 Å². The van der Waals surface area contributed by atoms with Crippen LogP contribution in [0.5, 0.6) is 5.75 Å². The van der Waals surface area contributed by atoms with Crippen LogP contribution in [-0.4, -0.2) is 66.9 Å². The standard InChI is InChI=1S/C18H20FN5O5/c1-28-10-5-3-2-4-9(10)6-20-15-12-16(23-18(19)22-15)24(8-21-12)17-14(27)13(26)11(7-25)29-17/h2-5,8,11,13-14,17,25-27H,6-7H2,1H3,(H,20,22,23)/t11-,13-,14-,17-/m1/s1. The first-order chi connectivity index (χ1) is 14.0. The molecule has 4 rings (SSSR count). The van der Waals surface area contributed by atoms with Crippen LogP contribution in [0.25, 0.3) is 11.2 Å². The Hall–Kier alpha value is -2.86. The van der Waals surface area contributed by atoms with E-state index < -0.39 is 37.2 Å². The number of para-hydroxylation sites is 1. The molecule has 29 heavy (non-hydrogen) atoms. The van der Waals surface area contributed by atoms with Crippen LogP contribution >= 0.6 is 0 Å². The van der Waals surface area contributed by atoms with Crippen LogP contribution < -0.4 is 10.1 Å². The maximum Gasteiger partial charge on any atom is 0.312 e. The Bertz CT molecular complexity index is 1020. The van der Waals surface area contributed by atoms with Crippen LogP contribution in [0.15, 0.2) is 30.6 Å². The van der Waals surface area contributed by atoms with E-state index in [1.165, 1.54) is 10.9 Å². The first kappa shape index (κ1) is 19.5. The van der Waals surface area contributed by atoms with Crippen molar-refractivity contribution in [2.45, 2.75) is 31.1 Å². The third kappa shape index (κ3) is 3.49. The van der Waals surface area contributed by atoms with Crippen molar-refractivity contribution < 1.29 is 29.2 Å². The Labute approximate surface area is 164 Å². The maximum absolute atomic E-state index is 14.1. The smallest absolute Gasteiger partial charge is 0.312 e. The van der Waals surface area contributed by atoms with Crippen LogP contribution in [0.3, 0.4) is 0 Å². The number of nitrogens with one attached hydrogen (secondary N) is 1. The fourth-order valence-corrected chi connectivity index (χ4v) is 3.34. The van der Waals surface area contributed by atoms with Crippen molar-refractivity contribution in [1.82, 2.24) is 19.5 Å². The van der Waals surface area contributed by atoms with Crippen molar-refractivity contribution in [3.05, 3.63) is 42.2 Å². The van der Waals surface area contributed by atoms with Gasteiger partial charge in [0, 0.05) is 12.1 Å². The second-order valence-corrected chi connectivity index (χ2v) is 6.56. The lowest BCUT2D eigenvalue weighted by Crippen LogP contribution is -2.33. The Morgan fingerprint density at radius 1 is 1.24 bits per heavy atom. The predicted octanol–water partition coefficient (Wildman–Crippen LogP) is 0.198. The van der Waals surface area contributed by atoms with E-state index in [9.17, 15) is 19.7 Å². The van der Waals surface area contributed by atoms with Crippen LogP contribution in [-0.2, 0) is 11.3 Å². The summed E-state index contributed by atoms with van der Waals surface area (Å²) in [5.41, 5.74) is 1.18. The topological polar surface area (TPSA) is 135 Å². The summed E-state index contributed by atoms with van der Waals surface area (Å²) in [7, 11) is 1.56. The van der Waals surface area contributed by atoms with Crippen LogP contribution in [0, 0.1) is 6.08 Å². The average Bonchev–Trinajstić information content (AvgIpc) is 3.27. The molecule has 0 bridgehead atoms. The van der Waals surface area contributed by atoms with Crippen molar-refractivity contribution in [3.63, 3.8) is 0 Å². The van der Waals surface area contributed by atoms with Crippen molar-refractivity contribution in [2.24, 2.45) is 0 Å². The molecular weight excluding hydrogens is 385 g/mol. The highest BCUT2D eigenvalue weighted by Crippen LogP contribution is 2.32. The van der Waals surface area contributed by atoms with Gasteiger partial charge >= 0.3 is 6.08 Å². The number of fused-ring (bicyclic) bond motifs is 1. The minimum Gasteiger partial charge on any atom is -0.496 e. The zero-order valence-electron chi connectivity index (χ0n) is 15.4. The van der Waals surface area contributed by atoms with Gasteiger partial charge in [0.15, 0.2) is 23.2 Å². The summed E-state index contributed by atoms with van der Waals surface area (Å²) >= 11 is 0. The van der Waals surface area contributed by atoms with Crippen molar-refractivity contribution in [1.29, 1.82) is 0 Å². The number of methoxy groups -OCH3 is 1. The highest BCUT2D eigenvalue weighted by molar-refractivity contribution is 5.82. The number of aliphatic hydroxyl groups is 3. The van der Waals surface area contributed by atoms with Gasteiger partial charge in [0.05, 0.1) is 20.0 Å². The number of rotatable bonds is 6. The lowest BCUT2D eigenvalue weighted by atomic mass is 10.1. The van der Waals surface area contributed by atoms with E-state index in [4.69, 9.17) is 9.47 Å². The van der Waals surface area contributed by atoms with Gasteiger partial charge in [-0.2, -0.15) is 14.4 Å². The Balaban J connectivity index is 1.65. The molecule has 0 radical (unpaired) electrons. The quantitative estimate of drug-likeness (QED) is 0.424. The molecule has 1 fully saturated rings. The number of aliphatic hydroxyl groups excluding tert-OH is 3. The number of aromatic nitrogens is 4. The Kier molecular flexibility index (Phi) is 5.28. The zero-order chi connectivity index (χ0) is 20.5. The van der Waals surface area contributed by atoms with Gasteiger partial charge in [-0.15, -0.1) is 0 Å². The third-order valence-electron chi connectivity index (χ3n) is 4.82. The van der Waals surface area contributed by atoms with Gasteiger partial charge in [-0.1, -0.05) is 18.2 Å². The summed E-state index contributed by atoms with van der Waals surface area (Å²) < 4.78 is 26.2. The van der Waals surface area contributed by atoms with E-state index >= 15 is 0 Å². The predicted molar refractivity (Wildman–Crippen MR) is 98.6 cm³/mol. The molecule has 1 aliphatic heterocycles. The Morgan fingerprint density at radius 2 is 2.03 bits per heavy atom. The maximum atomic E-state index is 14.1. The molecule has 0 saturated carbocycles. The first-order valence-electron chi connectivity index (χ1n) is 8.91. The monoisotopic (exact) mass is 405 g/mol. The largest absolute Gasteiger partial charge is 0.496 e. The molecule has 4 atom stereocenters. The van der Waals surface area contributed by atoms with E-state index in [0.717, 1.165) is 5.56 Å². The zero-order valence-corrected chi connectivity index (χ0v) is 15.4. The summed E-state index contributed by atoms with van der Waals surface area (Å²) in [5, 5.41) is 32.5. The molecule has 4 N–H and O–H groups in total. The molecule has 0 unspecified atom stereocenters. The van der Waals surface area contributed by atoms with Crippen LogP contribution in [0.1, 0.15) is 11.8 Å². The fourth-order valence-electron chi connectivity index (χ4n) is 3.34. The highest BCUT2D eigenvalue weighted by atomic mass is 19.1. The SMILES string of the molecule is COc1ccccc1CNc1nc(F)nc2c1ncn2[C@@H]1O[C@H](CO)[C@@H](O)[C@H]1O. The molecule has 10 nitrogen and oxygen atoms in total. The molecule has 3 aromatic rings. The van der Waals surface area contributed by atoms with Gasteiger partial charge in [-0.3, -0.25) is 4.57 Å². The minimum absolute atomic E-state index is 0.0786. The van der Waals surface area contributed by atoms with Crippen molar-refractivity contribution >= 4 is 17.0 Å². The molecule has 0 spiro atoms. The second-order valence-electron chi connectivity index (χ2n) is 6.56. The van der Waals surface area contributed by atoms with Crippen molar-refractivity contribution in [2.75, 3.05) is 19.0 Å². The van der Waals surface area contributed by atoms with E-state index in [1.54, 1.807) is 7.11 Å². The normalized spacial score (nSPS) is 24.2. The van der Waals surface area contributed by atoms with Gasteiger partial charge in [0.1, 0.15) is 24.1 Å². The number of halogens is 1. The molecule has 1 aliphatic rings. The van der Waals surface area contributed by atoms with Gasteiger partial charge in [-0.05, 0) is 6.07 Å². The summed E-state index contributed by atoms with van der Waals surface area (Å²) in [5.74, 6) is 0.826. The summed E-state index contributed by atoms with van der Waals surface area (Å²) in [6.45, 7) is -0.174. The average molecular weight is 405 g/mol.